The van der Waals surface area contributed by atoms with Gasteiger partial charge in [-0.15, -0.1) is 4.99 Å². The number of amidine groups is 1. The Morgan fingerprint density at radius 3 is 3.00 bits per heavy atom. The molecule has 0 unspecified atom stereocenters. The summed E-state index contributed by atoms with van der Waals surface area (Å²) in [5.41, 5.74) is 5.23. The molecule has 0 aliphatic rings. The second-order valence-corrected chi connectivity index (χ2v) is 2.55. The predicted octanol–water partition coefficient (Wildman–Crippen LogP) is 1.51. The fraction of sp³-hybridized carbons (Fsp3) is 0. The van der Waals surface area contributed by atoms with Gasteiger partial charge in [0.25, 0.3) is 0 Å². The van der Waals surface area contributed by atoms with Crippen LogP contribution in [0.2, 0.25) is 5.02 Å². The van der Waals surface area contributed by atoms with E-state index in [2.05, 4.69) is 4.99 Å². The van der Waals surface area contributed by atoms with Crippen LogP contribution in [-0.2, 0) is 0 Å². The summed E-state index contributed by atoms with van der Waals surface area (Å²) in [5, 5.41) is 8.68. The third-order valence-corrected chi connectivity index (χ3v) is 1.41. The van der Waals surface area contributed by atoms with Gasteiger partial charge in [0, 0.05) is 5.02 Å². The van der Waals surface area contributed by atoms with E-state index in [0.717, 1.165) is 0 Å². The lowest BCUT2D eigenvalue weighted by molar-refractivity contribution is 0.543. The van der Waals surface area contributed by atoms with Crippen molar-refractivity contribution < 1.29 is 4.74 Å². The molecule has 0 amide bonds. The second-order valence-electron chi connectivity index (χ2n) is 2.11. The molecular weight excluding hydrogens is 190 g/mol. The van der Waals surface area contributed by atoms with Gasteiger partial charge in [0.2, 0.25) is 6.19 Å². The van der Waals surface area contributed by atoms with Gasteiger partial charge in [0.15, 0.2) is 0 Å². The van der Waals surface area contributed by atoms with E-state index < -0.39 is 0 Å². The van der Waals surface area contributed by atoms with Gasteiger partial charge in [-0.1, -0.05) is 17.7 Å². The van der Waals surface area contributed by atoms with E-state index in [1.54, 1.807) is 24.3 Å². The van der Waals surface area contributed by atoms with Gasteiger partial charge in [-0.05, 0) is 18.2 Å². The number of halogens is 1. The summed E-state index contributed by atoms with van der Waals surface area (Å²) in [5.74, 6) is 0.448. The van der Waals surface area contributed by atoms with Crippen molar-refractivity contribution in [2.75, 3.05) is 0 Å². The normalized spacial score (nSPS) is 10.6. The van der Waals surface area contributed by atoms with Crippen LogP contribution < -0.4 is 10.5 Å². The van der Waals surface area contributed by atoms with Gasteiger partial charge in [-0.25, -0.2) is 0 Å². The topological polar surface area (TPSA) is 71.4 Å². The summed E-state index contributed by atoms with van der Waals surface area (Å²) >= 11 is 5.68. The van der Waals surface area contributed by atoms with E-state index in [-0.39, 0.29) is 6.02 Å². The van der Waals surface area contributed by atoms with Crippen molar-refractivity contribution in [2.45, 2.75) is 0 Å². The summed E-state index contributed by atoms with van der Waals surface area (Å²) in [6.07, 6.45) is 1.51. The molecule has 0 fully saturated rings. The van der Waals surface area contributed by atoms with Gasteiger partial charge >= 0.3 is 6.02 Å². The molecule has 5 heteroatoms. The molecule has 1 aromatic rings. The van der Waals surface area contributed by atoms with E-state index >= 15 is 0 Å². The van der Waals surface area contributed by atoms with Gasteiger partial charge in [0.1, 0.15) is 5.75 Å². The van der Waals surface area contributed by atoms with Crippen molar-refractivity contribution in [3.63, 3.8) is 0 Å². The maximum atomic E-state index is 8.15. The van der Waals surface area contributed by atoms with E-state index in [1.165, 1.54) is 6.19 Å². The number of hydrogen-bond donors (Lipinski definition) is 1. The van der Waals surface area contributed by atoms with E-state index in [1.807, 2.05) is 0 Å². The number of rotatable bonds is 1. The molecule has 0 aliphatic carbocycles. The van der Waals surface area contributed by atoms with Crippen LogP contribution >= 0.6 is 11.6 Å². The Morgan fingerprint density at radius 1 is 1.62 bits per heavy atom. The Morgan fingerprint density at radius 2 is 2.38 bits per heavy atom. The highest BCUT2D eigenvalue weighted by Gasteiger charge is 1.97. The zero-order valence-electron chi connectivity index (χ0n) is 6.57. The highest BCUT2D eigenvalue weighted by atomic mass is 35.5. The van der Waals surface area contributed by atoms with Crippen LogP contribution in [0.3, 0.4) is 0 Å². The smallest absolute Gasteiger partial charge is 0.302 e. The van der Waals surface area contributed by atoms with Crippen molar-refractivity contribution in [2.24, 2.45) is 10.7 Å². The van der Waals surface area contributed by atoms with Crippen molar-refractivity contribution >= 4 is 17.6 Å². The van der Waals surface area contributed by atoms with E-state index in [0.29, 0.717) is 10.8 Å². The Bertz CT molecular complexity index is 370. The molecule has 66 valence electrons. The van der Waals surface area contributed by atoms with Gasteiger partial charge < -0.3 is 10.5 Å². The minimum absolute atomic E-state index is 0.204. The number of nitriles is 1. The summed E-state index contributed by atoms with van der Waals surface area (Å²) in [4.78, 5) is 3.18. The molecule has 2 N–H and O–H groups in total. The molecule has 1 aromatic carbocycles. The molecule has 0 saturated heterocycles. The van der Waals surface area contributed by atoms with Crippen molar-refractivity contribution in [3.05, 3.63) is 29.3 Å². The summed E-state index contributed by atoms with van der Waals surface area (Å²) in [6.45, 7) is 0. The molecule has 0 aliphatic heterocycles. The zero-order chi connectivity index (χ0) is 9.68. The van der Waals surface area contributed by atoms with Crippen LogP contribution in [-0.4, -0.2) is 6.02 Å². The Kier molecular flexibility index (Phi) is 3.12. The SMILES string of the molecule is N#CN=C(N)Oc1cccc(Cl)c1. The van der Waals surface area contributed by atoms with Crippen LogP contribution in [0.25, 0.3) is 0 Å². The number of benzene rings is 1. The Hall–Kier alpha value is -1.73. The molecular formula is C8H6ClN3O. The molecule has 0 saturated carbocycles. The number of aliphatic imine (C=N–C) groups is 1. The summed E-state index contributed by atoms with van der Waals surface area (Å²) in [7, 11) is 0. The molecule has 0 bridgehead atoms. The molecule has 4 nitrogen and oxygen atoms in total. The van der Waals surface area contributed by atoms with Crippen LogP contribution in [0.15, 0.2) is 29.3 Å². The average molecular weight is 196 g/mol. The van der Waals surface area contributed by atoms with Crippen LogP contribution in [0.4, 0.5) is 0 Å². The largest absolute Gasteiger partial charge is 0.425 e. The van der Waals surface area contributed by atoms with E-state index in [4.69, 9.17) is 27.3 Å². The maximum absolute atomic E-state index is 8.15. The van der Waals surface area contributed by atoms with Crippen molar-refractivity contribution in [1.29, 1.82) is 5.26 Å². The standard InChI is InChI=1S/C8H6ClN3O/c9-6-2-1-3-7(4-6)13-8(11)12-5-10/h1-4H,(H2,11,12). The van der Waals surface area contributed by atoms with Crippen molar-refractivity contribution in [3.8, 4) is 11.9 Å². The first kappa shape index (κ1) is 9.36. The first-order valence-electron chi connectivity index (χ1n) is 3.38. The Balaban J connectivity index is 2.76. The highest BCUT2D eigenvalue weighted by Crippen LogP contribution is 2.16. The summed E-state index contributed by atoms with van der Waals surface area (Å²) < 4.78 is 4.96. The minimum Gasteiger partial charge on any atom is -0.425 e. The van der Waals surface area contributed by atoms with Gasteiger partial charge in [-0.2, -0.15) is 5.26 Å². The third-order valence-electron chi connectivity index (χ3n) is 1.18. The average Bonchev–Trinajstić information content (AvgIpc) is 2.04. The zero-order valence-corrected chi connectivity index (χ0v) is 7.32. The van der Waals surface area contributed by atoms with Gasteiger partial charge in [0.05, 0.1) is 0 Å². The molecule has 0 heterocycles. The first-order valence-corrected chi connectivity index (χ1v) is 3.76. The molecule has 0 atom stereocenters. The fourth-order valence-electron chi connectivity index (χ4n) is 0.723. The molecule has 0 aromatic heterocycles. The lowest BCUT2D eigenvalue weighted by atomic mass is 10.3. The maximum Gasteiger partial charge on any atom is 0.302 e. The summed E-state index contributed by atoms with van der Waals surface area (Å²) in [6, 6.07) is 6.43. The fourth-order valence-corrected chi connectivity index (χ4v) is 0.904. The molecule has 0 radical (unpaired) electrons. The third kappa shape index (κ3) is 3.01. The van der Waals surface area contributed by atoms with E-state index in [9.17, 15) is 0 Å². The highest BCUT2D eigenvalue weighted by molar-refractivity contribution is 6.30. The lowest BCUT2D eigenvalue weighted by Gasteiger charge is -2.01. The number of hydrogen-bond acceptors (Lipinski definition) is 3. The molecule has 13 heavy (non-hydrogen) atoms. The minimum atomic E-state index is -0.204. The van der Waals surface area contributed by atoms with Crippen LogP contribution in [0.5, 0.6) is 5.75 Å². The number of nitrogens with zero attached hydrogens (tertiary/aromatic N) is 2. The van der Waals surface area contributed by atoms with Gasteiger partial charge in [-0.3, -0.25) is 0 Å². The monoisotopic (exact) mass is 195 g/mol. The first-order chi connectivity index (χ1) is 6.22. The number of ether oxygens (including phenoxy) is 1. The van der Waals surface area contributed by atoms with Crippen LogP contribution in [0, 0.1) is 11.5 Å². The lowest BCUT2D eigenvalue weighted by Crippen LogP contribution is -2.18. The number of nitrogens with two attached hydrogens (primary N) is 1. The molecule has 0 spiro atoms. The predicted molar refractivity (Wildman–Crippen MR) is 49.3 cm³/mol. The second kappa shape index (κ2) is 4.33. The quantitative estimate of drug-likeness (QED) is 0.420. The molecule has 1 rings (SSSR count). The Labute approximate surface area is 80.2 Å². The van der Waals surface area contributed by atoms with Crippen LogP contribution in [0.1, 0.15) is 0 Å². The van der Waals surface area contributed by atoms with Crippen molar-refractivity contribution in [1.82, 2.24) is 0 Å².